The Morgan fingerprint density at radius 3 is 2.83 bits per heavy atom. The van der Waals surface area contributed by atoms with Crippen molar-refractivity contribution in [3.05, 3.63) is 30.1 Å². The summed E-state index contributed by atoms with van der Waals surface area (Å²) < 4.78 is 2.33. The van der Waals surface area contributed by atoms with Gasteiger partial charge in [0.2, 0.25) is 0 Å². The molecule has 0 saturated carbocycles. The molecule has 0 bridgehead atoms. The number of nitrogens with zero attached hydrogens (tertiary/aromatic N) is 2. The van der Waals surface area contributed by atoms with Crippen LogP contribution in [-0.2, 0) is 6.54 Å². The van der Waals surface area contributed by atoms with Crippen LogP contribution >= 0.6 is 0 Å². The maximum Gasteiger partial charge on any atom is 0.106 e. The Labute approximate surface area is 109 Å². The van der Waals surface area contributed by atoms with Crippen LogP contribution in [0.15, 0.2) is 24.3 Å². The number of aromatic nitrogens is 2. The van der Waals surface area contributed by atoms with Gasteiger partial charge in [-0.15, -0.1) is 0 Å². The minimum atomic E-state index is 1.07. The standard InChI is InChI=1S/C15H23N3/c1-3-10-16-11-6-7-12-18-13(2)17-14-8-4-5-9-15(14)18/h4-5,8-9,16H,3,6-7,10-12H2,1-2H3. The van der Waals surface area contributed by atoms with Gasteiger partial charge >= 0.3 is 0 Å². The number of aryl methyl sites for hydroxylation is 2. The van der Waals surface area contributed by atoms with E-state index in [-0.39, 0.29) is 0 Å². The molecule has 1 aromatic heterocycles. The number of imidazole rings is 1. The Morgan fingerprint density at radius 1 is 1.17 bits per heavy atom. The number of para-hydroxylation sites is 2. The van der Waals surface area contributed by atoms with E-state index < -0.39 is 0 Å². The van der Waals surface area contributed by atoms with Crippen molar-refractivity contribution in [1.82, 2.24) is 14.9 Å². The number of benzene rings is 1. The third-order valence-electron chi connectivity index (χ3n) is 3.26. The minimum Gasteiger partial charge on any atom is -0.328 e. The van der Waals surface area contributed by atoms with Crippen molar-refractivity contribution < 1.29 is 0 Å². The number of hydrogen-bond acceptors (Lipinski definition) is 2. The third kappa shape index (κ3) is 3.10. The molecule has 1 N–H and O–H groups in total. The second kappa shape index (κ2) is 6.55. The van der Waals surface area contributed by atoms with E-state index in [4.69, 9.17) is 0 Å². The van der Waals surface area contributed by atoms with Gasteiger partial charge in [0.15, 0.2) is 0 Å². The predicted molar refractivity (Wildman–Crippen MR) is 76.9 cm³/mol. The molecule has 0 radical (unpaired) electrons. The Kier molecular flexibility index (Phi) is 4.76. The SMILES string of the molecule is CCCNCCCCn1c(C)nc2ccccc21. The van der Waals surface area contributed by atoms with Crippen molar-refractivity contribution in [2.24, 2.45) is 0 Å². The summed E-state index contributed by atoms with van der Waals surface area (Å²) in [7, 11) is 0. The Balaban J connectivity index is 1.89. The lowest BCUT2D eigenvalue weighted by molar-refractivity contribution is 0.567. The third-order valence-corrected chi connectivity index (χ3v) is 3.26. The molecule has 2 rings (SSSR count). The van der Waals surface area contributed by atoms with Gasteiger partial charge in [-0.05, 0) is 51.4 Å². The van der Waals surface area contributed by atoms with E-state index in [1.165, 1.54) is 24.8 Å². The molecule has 0 spiro atoms. The summed E-state index contributed by atoms with van der Waals surface area (Å²) in [5.74, 6) is 1.12. The highest BCUT2D eigenvalue weighted by Gasteiger charge is 2.05. The molecule has 1 heterocycles. The smallest absolute Gasteiger partial charge is 0.106 e. The molecule has 0 saturated heterocycles. The zero-order valence-electron chi connectivity index (χ0n) is 11.4. The van der Waals surface area contributed by atoms with Gasteiger partial charge in [-0.25, -0.2) is 4.98 Å². The van der Waals surface area contributed by atoms with Crippen LogP contribution in [0.3, 0.4) is 0 Å². The fourth-order valence-corrected chi connectivity index (χ4v) is 2.30. The fraction of sp³-hybridized carbons (Fsp3) is 0.533. The van der Waals surface area contributed by atoms with E-state index in [1.807, 2.05) is 6.07 Å². The van der Waals surface area contributed by atoms with Crippen LogP contribution in [0.2, 0.25) is 0 Å². The summed E-state index contributed by atoms with van der Waals surface area (Å²) in [4.78, 5) is 4.59. The van der Waals surface area contributed by atoms with Gasteiger partial charge in [0.25, 0.3) is 0 Å². The highest BCUT2D eigenvalue weighted by atomic mass is 15.1. The first-order valence-electron chi connectivity index (χ1n) is 6.95. The quantitative estimate of drug-likeness (QED) is 0.760. The number of rotatable bonds is 7. The fourth-order valence-electron chi connectivity index (χ4n) is 2.30. The molecule has 0 aliphatic carbocycles. The van der Waals surface area contributed by atoms with Crippen molar-refractivity contribution in [3.8, 4) is 0 Å². The molecule has 0 amide bonds. The normalized spacial score (nSPS) is 11.2. The first kappa shape index (κ1) is 13.1. The number of fused-ring (bicyclic) bond motifs is 1. The van der Waals surface area contributed by atoms with Crippen molar-refractivity contribution in [2.45, 2.75) is 39.7 Å². The molecule has 0 fully saturated rings. The molecule has 18 heavy (non-hydrogen) atoms. The Bertz CT molecular complexity index is 487. The number of hydrogen-bond donors (Lipinski definition) is 1. The van der Waals surface area contributed by atoms with Gasteiger partial charge in [-0.3, -0.25) is 0 Å². The predicted octanol–water partition coefficient (Wildman–Crippen LogP) is 3.12. The van der Waals surface area contributed by atoms with Crippen LogP contribution in [0.1, 0.15) is 32.0 Å². The summed E-state index contributed by atoms with van der Waals surface area (Å²) in [5.41, 5.74) is 2.37. The molecule has 0 unspecified atom stereocenters. The van der Waals surface area contributed by atoms with E-state index >= 15 is 0 Å². The average Bonchev–Trinajstić information content (AvgIpc) is 2.70. The maximum atomic E-state index is 4.59. The summed E-state index contributed by atoms with van der Waals surface area (Å²) >= 11 is 0. The molecule has 3 nitrogen and oxygen atoms in total. The van der Waals surface area contributed by atoms with Gasteiger partial charge in [0.1, 0.15) is 5.82 Å². The van der Waals surface area contributed by atoms with Crippen LogP contribution in [0.25, 0.3) is 11.0 Å². The second-order valence-electron chi connectivity index (χ2n) is 4.76. The van der Waals surface area contributed by atoms with Gasteiger partial charge in [0.05, 0.1) is 11.0 Å². The molecular formula is C15H23N3. The van der Waals surface area contributed by atoms with E-state index in [2.05, 4.69) is 46.9 Å². The molecular weight excluding hydrogens is 222 g/mol. The van der Waals surface area contributed by atoms with Crippen LogP contribution in [0.4, 0.5) is 0 Å². The van der Waals surface area contributed by atoms with Gasteiger partial charge in [-0.1, -0.05) is 19.1 Å². The first-order chi connectivity index (χ1) is 8.83. The first-order valence-corrected chi connectivity index (χ1v) is 6.95. The van der Waals surface area contributed by atoms with Crippen LogP contribution in [-0.4, -0.2) is 22.6 Å². The maximum absolute atomic E-state index is 4.59. The van der Waals surface area contributed by atoms with E-state index in [1.54, 1.807) is 0 Å². The average molecular weight is 245 g/mol. The van der Waals surface area contributed by atoms with Crippen molar-refractivity contribution >= 4 is 11.0 Å². The number of unbranched alkanes of at least 4 members (excludes halogenated alkanes) is 1. The van der Waals surface area contributed by atoms with E-state index in [9.17, 15) is 0 Å². The molecule has 1 aromatic carbocycles. The molecule has 0 aliphatic rings. The van der Waals surface area contributed by atoms with Gasteiger partial charge in [-0.2, -0.15) is 0 Å². The summed E-state index contributed by atoms with van der Waals surface area (Å²) in [6.45, 7) is 7.62. The lowest BCUT2D eigenvalue weighted by Gasteiger charge is -2.07. The highest BCUT2D eigenvalue weighted by Crippen LogP contribution is 2.15. The number of nitrogens with one attached hydrogen (secondary N) is 1. The summed E-state index contributed by atoms with van der Waals surface area (Å²) in [5, 5.41) is 3.44. The highest BCUT2D eigenvalue weighted by molar-refractivity contribution is 5.75. The van der Waals surface area contributed by atoms with Crippen LogP contribution < -0.4 is 5.32 Å². The molecule has 98 valence electrons. The largest absolute Gasteiger partial charge is 0.328 e. The van der Waals surface area contributed by atoms with Crippen molar-refractivity contribution in [2.75, 3.05) is 13.1 Å². The van der Waals surface area contributed by atoms with Crippen LogP contribution in [0.5, 0.6) is 0 Å². The van der Waals surface area contributed by atoms with Crippen molar-refractivity contribution in [3.63, 3.8) is 0 Å². The van der Waals surface area contributed by atoms with Gasteiger partial charge < -0.3 is 9.88 Å². The topological polar surface area (TPSA) is 29.9 Å². The lowest BCUT2D eigenvalue weighted by Crippen LogP contribution is -2.16. The monoisotopic (exact) mass is 245 g/mol. The molecule has 0 atom stereocenters. The van der Waals surface area contributed by atoms with E-state index in [0.29, 0.717) is 0 Å². The molecule has 2 aromatic rings. The second-order valence-corrected chi connectivity index (χ2v) is 4.76. The van der Waals surface area contributed by atoms with Crippen molar-refractivity contribution in [1.29, 1.82) is 0 Å². The zero-order valence-corrected chi connectivity index (χ0v) is 11.4. The molecule has 3 heteroatoms. The summed E-state index contributed by atoms with van der Waals surface area (Å²) in [6, 6.07) is 8.38. The van der Waals surface area contributed by atoms with E-state index in [0.717, 1.165) is 31.0 Å². The Morgan fingerprint density at radius 2 is 2.00 bits per heavy atom. The minimum absolute atomic E-state index is 1.07. The lowest BCUT2D eigenvalue weighted by atomic mass is 10.2. The zero-order chi connectivity index (χ0) is 12.8. The van der Waals surface area contributed by atoms with Gasteiger partial charge in [0, 0.05) is 6.54 Å². The van der Waals surface area contributed by atoms with Crippen LogP contribution in [0, 0.1) is 6.92 Å². The summed E-state index contributed by atoms with van der Waals surface area (Å²) in [6.07, 6.45) is 3.65. The Hall–Kier alpha value is -1.35. The molecule has 0 aliphatic heterocycles.